The summed E-state index contributed by atoms with van der Waals surface area (Å²) < 4.78 is 5.73. The van der Waals surface area contributed by atoms with Crippen molar-refractivity contribution in [2.75, 3.05) is 20.3 Å². The fourth-order valence-electron chi connectivity index (χ4n) is 2.44. The molecule has 110 valence electrons. The molecule has 1 unspecified atom stereocenters. The van der Waals surface area contributed by atoms with E-state index in [1.807, 2.05) is 24.3 Å². The van der Waals surface area contributed by atoms with Gasteiger partial charge < -0.3 is 20.9 Å². The number of hydrogen-bond donors (Lipinski definition) is 3. The van der Waals surface area contributed by atoms with Gasteiger partial charge in [0, 0.05) is 6.61 Å². The summed E-state index contributed by atoms with van der Waals surface area (Å²) >= 11 is 0. The topological polar surface area (TPSA) is 84.6 Å². The van der Waals surface area contributed by atoms with E-state index in [1.165, 1.54) is 0 Å². The molecule has 1 aromatic carbocycles. The summed E-state index contributed by atoms with van der Waals surface area (Å²) in [6.45, 7) is 0.370. The number of ether oxygens (including phenoxy) is 1. The van der Waals surface area contributed by atoms with Crippen LogP contribution in [0.5, 0.6) is 5.75 Å². The molecule has 2 rings (SSSR count). The van der Waals surface area contributed by atoms with E-state index < -0.39 is 5.54 Å². The van der Waals surface area contributed by atoms with Crippen LogP contribution in [0.2, 0.25) is 0 Å². The van der Waals surface area contributed by atoms with E-state index in [9.17, 15) is 4.79 Å². The predicted molar refractivity (Wildman–Crippen MR) is 76.4 cm³/mol. The highest BCUT2D eigenvalue weighted by Gasteiger charge is 2.49. The molecule has 0 saturated heterocycles. The van der Waals surface area contributed by atoms with Crippen molar-refractivity contribution >= 4 is 5.91 Å². The third-order valence-electron chi connectivity index (χ3n) is 3.95. The molecule has 1 fully saturated rings. The van der Waals surface area contributed by atoms with Crippen molar-refractivity contribution < 1.29 is 14.6 Å². The van der Waals surface area contributed by atoms with Gasteiger partial charge in [0.2, 0.25) is 5.91 Å². The van der Waals surface area contributed by atoms with Crippen molar-refractivity contribution in [3.63, 3.8) is 0 Å². The average Bonchev–Trinajstić information content (AvgIpc) is 3.27. The molecular weight excluding hydrogens is 256 g/mol. The SMILES string of the molecule is CNC(COc1ccc(CCO)cc1)(C(N)=O)C1CC1. The van der Waals surface area contributed by atoms with Gasteiger partial charge in [-0.2, -0.15) is 0 Å². The number of aliphatic hydroxyl groups excluding tert-OH is 1. The minimum atomic E-state index is -0.774. The highest BCUT2D eigenvalue weighted by molar-refractivity contribution is 5.85. The molecule has 0 aromatic heterocycles. The summed E-state index contributed by atoms with van der Waals surface area (Å²) in [5, 5.41) is 11.9. The highest BCUT2D eigenvalue weighted by atomic mass is 16.5. The number of amides is 1. The van der Waals surface area contributed by atoms with Crippen LogP contribution in [-0.2, 0) is 11.2 Å². The predicted octanol–water partition coefficient (Wildman–Crippen LogP) is 0.454. The first-order valence-electron chi connectivity index (χ1n) is 6.94. The monoisotopic (exact) mass is 278 g/mol. The second kappa shape index (κ2) is 6.24. The number of likely N-dealkylation sites (N-methyl/N-ethyl adjacent to an activating group) is 1. The zero-order chi connectivity index (χ0) is 14.6. The quantitative estimate of drug-likeness (QED) is 0.645. The Labute approximate surface area is 119 Å². The molecule has 0 heterocycles. The molecule has 1 atom stereocenters. The molecule has 0 bridgehead atoms. The zero-order valence-electron chi connectivity index (χ0n) is 11.8. The molecule has 20 heavy (non-hydrogen) atoms. The van der Waals surface area contributed by atoms with Crippen LogP contribution in [0, 0.1) is 5.92 Å². The van der Waals surface area contributed by atoms with Crippen molar-refractivity contribution in [1.29, 1.82) is 0 Å². The minimum absolute atomic E-state index is 0.131. The van der Waals surface area contributed by atoms with Gasteiger partial charge in [0.25, 0.3) is 0 Å². The second-order valence-electron chi connectivity index (χ2n) is 5.27. The lowest BCUT2D eigenvalue weighted by molar-refractivity contribution is -0.126. The lowest BCUT2D eigenvalue weighted by atomic mass is 9.93. The van der Waals surface area contributed by atoms with Crippen LogP contribution in [0.25, 0.3) is 0 Å². The fourth-order valence-corrected chi connectivity index (χ4v) is 2.44. The number of primary amides is 1. The molecule has 0 radical (unpaired) electrons. The van der Waals surface area contributed by atoms with E-state index in [0.717, 1.165) is 18.4 Å². The Bertz CT molecular complexity index is 457. The Morgan fingerprint density at radius 2 is 2.10 bits per heavy atom. The lowest BCUT2D eigenvalue weighted by Gasteiger charge is -2.30. The van der Waals surface area contributed by atoms with E-state index in [1.54, 1.807) is 7.05 Å². The summed E-state index contributed by atoms with van der Waals surface area (Å²) in [4.78, 5) is 11.7. The smallest absolute Gasteiger partial charge is 0.241 e. The molecule has 1 saturated carbocycles. The van der Waals surface area contributed by atoms with Gasteiger partial charge in [0.1, 0.15) is 17.9 Å². The number of hydrogen-bond acceptors (Lipinski definition) is 4. The van der Waals surface area contributed by atoms with Crippen molar-refractivity contribution in [3.05, 3.63) is 29.8 Å². The number of aliphatic hydroxyl groups is 1. The molecule has 5 heteroatoms. The largest absolute Gasteiger partial charge is 0.491 e. The van der Waals surface area contributed by atoms with Crippen LogP contribution in [0.15, 0.2) is 24.3 Å². The van der Waals surface area contributed by atoms with Gasteiger partial charge in [-0.25, -0.2) is 0 Å². The van der Waals surface area contributed by atoms with Crippen LogP contribution in [0.1, 0.15) is 18.4 Å². The Morgan fingerprint density at radius 3 is 2.55 bits per heavy atom. The van der Waals surface area contributed by atoms with E-state index in [2.05, 4.69) is 5.32 Å². The van der Waals surface area contributed by atoms with Crippen LogP contribution in [0.4, 0.5) is 0 Å². The number of nitrogens with one attached hydrogen (secondary N) is 1. The number of carbonyl (C=O) groups is 1. The Hall–Kier alpha value is -1.59. The zero-order valence-corrected chi connectivity index (χ0v) is 11.8. The molecule has 1 aromatic rings. The van der Waals surface area contributed by atoms with Gasteiger partial charge in [-0.05, 0) is 49.9 Å². The number of rotatable bonds is 8. The van der Waals surface area contributed by atoms with Crippen LogP contribution in [-0.4, -0.2) is 36.8 Å². The van der Waals surface area contributed by atoms with E-state index in [0.29, 0.717) is 12.2 Å². The standard InChI is InChI=1S/C15H22N2O3/c1-17-15(14(16)19,12-4-5-12)10-20-13-6-2-11(3-7-13)8-9-18/h2-3,6-7,12,17-18H,4-5,8-10H2,1H3,(H2,16,19). The highest BCUT2D eigenvalue weighted by Crippen LogP contribution is 2.39. The average molecular weight is 278 g/mol. The number of carbonyl (C=O) groups excluding carboxylic acids is 1. The molecular formula is C15H22N2O3. The molecule has 0 aliphatic heterocycles. The maximum absolute atomic E-state index is 11.7. The first-order valence-corrected chi connectivity index (χ1v) is 6.94. The maximum Gasteiger partial charge on any atom is 0.241 e. The first-order chi connectivity index (χ1) is 9.62. The van der Waals surface area contributed by atoms with Gasteiger partial charge in [-0.1, -0.05) is 12.1 Å². The van der Waals surface area contributed by atoms with Crippen molar-refractivity contribution in [1.82, 2.24) is 5.32 Å². The minimum Gasteiger partial charge on any atom is -0.491 e. The van der Waals surface area contributed by atoms with Gasteiger partial charge in [0.15, 0.2) is 0 Å². The molecule has 4 N–H and O–H groups in total. The molecule has 1 aliphatic rings. The van der Waals surface area contributed by atoms with E-state index in [4.69, 9.17) is 15.6 Å². The van der Waals surface area contributed by atoms with Gasteiger partial charge >= 0.3 is 0 Å². The normalized spacial score (nSPS) is 17.5. The second-order valence-corrected chi connectivity index (χ2v) is 5.27. The lowest BCUT2D eigenvalue weighted by Crippen LogP contribution is -2.59. The maximum atomic E-state index is 11.7. The van der Waals surface area contributed by atoms with Gasteiger partial charge in [0.05, 0.1) is 0 Å². The number of nitrogens with two attached hydrogens (primary N) is 1. The molecule has 1 amide bonds. The van der Waals surface area contributed by atoms with Crippen molar-refractivity contribution in [3.8, 4) is 5.75 Å². The van der Waals surface area contributed by atoms with Gasteiger partial charge in [-0.3, -0.25) is 4.79 Å². The Morgan fingerprint density at radius 1 is 1.45 bits per heavy atom. The van der Waals surface area contributed by atoms with Crippen LogP contribution in [0.3, 0.4) is 0 Å². The summed E-state index contributed by atoms with van der Waals surface area (Å²) in [6.07, 6.45) is 2.63. The molecule has 5 nitrogen and oxygen atoms in total. The fraction of sp³-hybridized carbons (Fsp3) is 0.533. The van der Waals surface area contributed by atoms with Crippen molar-refractivity contribution in [2.24, 2.45) is 11.7 Å². The summed E-state index contributed by atoms with van der Waals surface area (Å²) in [5.74, 6) is 0.603. The van der Waals surface area contributed by atoms with Gasteiger partial charge in [-0.15, -0.1) is 0 Å². The van der Waals surface area contributed by atoms with Crippen LogP contribution < -0.4 is 15.8 Å². The Kier molecular flexibility index (Phi) is 4.62. The molecule has 1 aliphatic carbocycles. The summed E-state index contributed by atoms with van der Waals surface area (Å²) in [5.41, 5.74) is 5.82. The third kappa shape index (κ3) is 3.11. The third-order valence-corrected chi connectivity index (χ3v) is 3.95. The summed E-state index contributed by atoms with van der Waals surface area (Å²) in [7, 11) is 1.75. The van der Waals surface area contributed by atoms with Crippen LogP contribution >= 0.6 is 0 Å². The van der Waals surface area contributed by atoms with E-state index >= 15 is 0 Å². The Balaban J connectivity index is 2.00. The first kappa shape index (κ1) is 14.8. The van der Waals surface area contributed by atoms with Crippen molar-refractivity contribution in [2.45, 2.75) is 24.8 Å². The summed E-state index contributed by atoms with van der Waals surface area (Å²) in [6, 6.07) is 7.51. The van der Waals surface area contributed by atoms with E-state index in [-0.39, 0.29) is 25.0 Å². The molecule has 0 spiro atoms. The number of benzene rings is 1.